The fourth-order valence-electron chi connectivity index (χ4n) is 1.22. The molecule has 0 aliphatic carbocycles. The molecule has 1 heterocycles. The van der Waals surface area contributed by atoms with Gasteiger partial charge in [-0.2, -0.15) is 18.3 Å². The number of thiocarbonyl (C=S) groups is 1. The van der Waals surface area contributed by atoms with Crippen LogP contribution < -0.4 is 0 Å². The second kappa shape index (κ2) is 5.23. The highest BCUT2D eigenvalue weighted by Crippen LogP contribution is 2.28. The van der Waals surface area contributed by atoms with Crippen molar-refractivity contribution in [1.82, 2.24) is 9.78 Å². The van der Waals surface area contributed by atoms with Crippen molar-refractivity contribution in [3.63, 3.8) is 0 Å². The molecular formula is C9H10F3N3S. The molecule has 0 spiro atoms. The van der Waals surface area contributed by atoms with Crippen LogP contribution in [0.1, 0.15) is 17.8 Å². The summed E-state index contributed by atoms with van der Waals surface area (Å²) in [6.45, 7) is 2.43. The molecule has 16 heavy (non-hydrogen) atoms. The molecule has 0 atom stereocenters. The first-order valence-corrected chi connectivity index (χ1v) is 5.01. The Kier molecular flexibility index (Phi) is 4.20. The average molecular weight is 249 g/mol. The summed E-state index contributed by atoms with van der Waals surface area (Å²) in [5, 5.41) is 5.68. The van der Waals surface area contributed by atoms with Crippen LogP contribution in [0.2, 0.25) is 0 Å². The van der Waals surface area contributed by atoms with Crippen molar-refractivity contribution in [2.45, 2.75) is 26.1 Å². The van der Waals surface area contributed by atoms with Crippen LogP contribution in [-0.2, 0) is 12.7 Å². The van der Waals surface area contributed by atoms with E-state index in [-0.39, 0.29) is 0 Å². The molecule has 0 fully saturated rings. The van der Waals surface area contributed by atoms with Gasteiger partial charge in [-0.05, 0) is 31.6 Å². The molecule has 0 saturated heterocycles. The normalized spacial score (nSPS) is 11.2. The van der Waals surface area contributed by atoms with Gasteiger partial charge in [-0.3, -0.25) is 4.68 Å². The fourth-order valence-corrected chi connectivity index (χ4v) is 1.31. The molecule has 0 radical (unpaired) electrons. The zero-order chi connectivity index (χ0) is 12.2. The van der Waals surface area contributed by atoms with Gasteiger partial charge in [-0.15, -0.1) is 0 Å². The molecule has 0 saturated carbocycles. The van der Waals surface area contributed by atoms with Crippen LogP contribution in [0.5, 0.6) is 0 Å². The van der Waals surface area contributed by atoms with Crippen LogP contribution >= 0.6 is 12.2 Å². The third kappa shape index (κ3) is 3.43. The van der Waals surface area contributed by atoms with Gasteiger partial charge in [0.25, 0.3) is 0 Å². The summed E-state index contributed by atoms with van der Waals surface area (Å²) >= 11 is 4.37. The molecule has 1 aromatic rings. The van der Waals surface area contributed by atoms with Gasteiger partial charge < -0.3 is 0 Å². The Balaban J connectivity index is 2.67. The highest BCUT2D eigenvalue weighted by molar-refractivity contribution is 7.78. The Morgan fingerprint density at radius 2 is 2.25 bits per heavy atom. The number of alkyl halides is 3. The van der Waals surface area contributed by atoms with E-state index in [2.05, 4.69) is 27.5 Å². The first kappa shape index (κ1) is 12.9. The van der Waals surface area contributed by atoms with Crippen LogP contribution in [0.4, 0.5) is 13.2 Å². The molecule has 88 valence electrons. The van der Waals surface area contributed by atoms with Gasteiger partial charge in [0.2, 0.25) is 0 Å². The predicted molar refractivity (Wildman–Crippen MR) is 56.5 cm³/mol. The summed E-state index contributed by atoms with van der Waals surface area (Å²) in [7, 11) is 0. The average Bonchev–Trinajstić information content (AvgIpc) is 2.55. The van der Waals surface area contributed by atoms with E-state index in [0.717, 1.165) is 6.07 Å². The topological polar surface area (TPSA) is 30.2 Å². The fraction of sp³-hybridized carbons (Fsp3) is 0.556. The Morgan fingerprint density at radius 1 is 1.56 bits per heavy atom. The summed E-state index contributed by atoms with van der Waals surface area (Å²) in [6, 6.07) is 1.03. The van der Waals surface area contributed by atoms with E-state index in [4.69, 9.17) is 0 Å². The molecule has 0 aliphatic heterocycles. The first-order chi connectivity index (χ1) is 7.45. The number of rotatable bonds is 4. The maximum atomic E-state index is 12.3. The van der Waals surface area contributed by atoms with E-state index < -0.39 is 11.9 Å². The number of aromatic nitrogens is 2. The number of aliphatic imine (C=N–C) groups is 1. The van der Waals surface area contributed by atoms with Crippen molar-refractivity contribution in [3.8, 4) is 0 Å². The van der Waals surface area contributed by atoms with Gasteiger partial charge in [-0.25, -0.2) is 4.99 Å². The van der Waals surface area contributed by atoms with Crippen LogP contribution in [0, 0.1) is 6.92 Å². The summed E-state index contributed by atoms with van der Waals surface area (Å²) < 4.78 is 38.2. The molecule has 0 aliphatic rings. The zero-order valence-electron chi connectivity index (χ0n) is 8.58. The third-order valence-electron chi connectivity index (χ3n) is 1.98. The molecule has 1 aromatic heterocycles. The minimum atomic E-state index is -4.39. The van der Waals surface area contributed by atoms with E-state index in [1.807, 2.05) is 0 Å². The van der Waals surface area contributed by atoms with Crippen LogP contribution in [0.3, 0.4) is 0 Å². The Hall–Kier alpha value is -1.20. The van der Waals surface area contributed by atoms with Crippen molar-refractivity contribution < 1.29 is 13.2 Å². The van der Waals surface area contributed by atoms with E-state index in [9.17, 15) is 13.2 Å². The Morgan fingerprint density at radius 3 is 2.75 bits per heavy atom. The summed E-state index contributed by atoms with van der Waals surface area (Å²) in [4.78, 5) is 3.67. The largest absolute Gasteiger partial charge is 0.435 e. The van der Waals surface area contributed by atoms with Crippen molar-refractivity contribution >= 4 is 17.4 Å². The van der Waals surface area contributed by atoms with Gasteiger partial charge >= 0.3 is 6.18 Å². The van der Waals surface area contributed by atoms with Crippen molar-refractivity contribution in [1.29, 1.82) is 0 Å². The molecule has 0 unspecified atom stereocenters. The van der Waals surface area contributed by atoms with Gasteiger partial charge in [0.1, 0.15) is 0 Å². The Labute approximate surface area is 96.0 Å². The SMILES string of the molecule is Cc1cc(C(F)(F)F)nn1CCCN=C=S. The molecule has 1 rings (SSSR count). The molecular weight excluding hydrogens is 239 g/mol. The van der Waals surface area contributed by atoms with Gasteiger partial charge in [-0.1, -0.05) is 0 Å². The van der Waals surface area contributed by atoms with Crippen LogP contribution in [0.15, 0.2) is 11.1 Å². The van der Waals surface area contributed by atoms with E-state index in [1.54, 1.807) is 6.92 Å². The zero-order valence-corrected chi connectivity index (χ0v) is 9.40. The number of hydrogen-bond donors (Lipinski definition) is 0. The summed E-state index contributed by atoms with van der Waals surface area (Å²) in [5.74, 6) is 0. The number of aryl methyl sites for hydroxylation is 2. The highest BCUT2D eigenvalue weighted by Gasteiger charge is 2.34. The molecule has 7 heteroatoms. The monoisotopic (exact) mass is 249 g/mol. The lowest BCUT2D eigenvalue weighted by molar-refractivity contribution is -0.141. The second-order valence-corrected chi connectivity index (χ2v) is 3.40. The van der Waals surface area contributed by atoms with Crippen LogP contribution in [0.25, 0.3) is 0 Å². The standard InChI is InChI=1S/C9H10F3N3S/c1-7-5-8(9(10,11)12)14-15(7)4-2-3-13-6-16/h5H,2-4H2,1H3. The third-order valence-corrected chi connectivity index (χ3v) is 2.11. The smallest absolute Gasteiger partial charge is 0.269 e. The molecule has 0 bridgehead atoms. The Bertz CT molecular complexity index is 405. The summed E-state index contributed by atoms with van der Waals surface area (Å²) in [5.41, 5.74) is -0.373. The number of hydrogen-bond acceptors (Lipinski definition) is 3. The lowest BCUT2D eigenvalue weighted by atomic mass is 10.3. The second-order valence-electron chi connectivity index (χ2n) is 3.22. The van der Waals surface area contributed by atoms with Crippen molar-refractivity contribution in [2.24, 2.45) is 4.99 Å². The first-order valence-electron chi connectivity index (χ1n) is 4.60. The minimum absolute atomic E-state index is 0.391. The van der Waals surface area contributed by atoms with Gasteiger partial charge in [0.15, 0.2) is 5.69 Å². The van der Waals surface area contributed by atoms with Gasteiger partial charge in [0, 0.05) is 12.2 Å². The van der Waals surface area contributed by atoms with Crippen molar-refractivity contribution in [2.75, 3.05) is 6.54 Å². The quantitative estimate of drug-likeness (QED) is 0.466. The number of halogens is 3. The van der Waals surface area contributed by atoms with E-state index in [0.29, 0.717) is 25.2 Å². The molecule has 0 N–H and O–H groups in total. The molecule has 3 nitrogen and oxygen atoms in total. The molecule has 0 amide bonds. The van der Waals surface area contributed by atoms with E-state index >= 15 is 0 Å². The minimum Gasteiger partial charge on any atom is -0.269 e. The molecule has 0 aromatic carbocycles. The lowest BCUT2D eigenvalue weighted by Crippen LogP contribution is -2.09. The van der Waals surface area contributed by atoms with Crippen molar-refractivity contribution in [3.05, 3.63) is 17.5 Å². The lowest BCUT2D eigenvalue weighted by Gasteiger charge is -2.02. The maximum absolute atomic E-state index is 12.3. The van der Waals surface area contributed by atoms with E-state index in [1.165, 1.54) is 4.68 Å². The number of nitrogens with zero attached hydrogens (tertiary/aromatic N) is 3. The summed E-state index contributed by atoms with van der Waals surface area (Å²) in [6.07, 6.45) is -3.80. The van der Waals surface area contributed by atoms with Gasteiger partial charge in [0.05, 0.1) is 11.7 Å². The maximum Gasteiger partial charge on any atom is 0.435 e. The predicted octanol–water partition coefficient (Wildman–Crippen LogP) is 2.70. The van der Waals surface area contributed by atoms with Crippen LogP contribution in [-0.4, -0.2) is 21.5 Å². The number of isothiocyanates is 1. The highest BCUT2D eigenvalue weighted by atomic mass is 32.1.